The fraction of sp³-hybridized carbons (Fsp3) is 0.600. The van der Waals surface area contributed by atoms with Gasteiger partial charge in [0.05, 0.1) is 11.6 Å². The number of carbonyl (C=O) groups is 1. The maximum Gasteiger partial charge on any atom is 0.254 e. The highest BCUT2D eigenvalue weighted by atomic mass is 16.2. The second-order valence-electron chi connectivity index (χ2n) is 7.52. The largest absolute Gasteiger partial charge is 0.378 e. The molecule has 2 fully saturated rings. The summed E-state index contributed by atoms with van der Waals surface area (Å²) in [6.45, 7) is 4.81. The highest BCUT2D eigenvalue weighted by Gasteiger charge is 2.24. The molecule has 2 aliphatic rings. The van der Waals surface area contributed by atoms with Crippen LogP contribution in [0.15, 0.2) is 18.2 Å². The summed E-state index contributed by atoms with van der Waals surface area (Å²) in [6, 6.07) is 7.59. The molecule has 25 heavy (non-hydrogen) atoms. The maximum atomic E-state index is 13.0. The Kier molecular flexibility index (Phi) is 5.60. The van der Waals surface area contributed by atoms with Gasteiger partial charge in [0.25, 0.3) is 5.91 Å². The third-order valence-electron chi connectivity index (χ3n) is 5.43. The van der Waals surface area contributed by atoms with Crippen LogP contribution >= 0.6 is 0 Å². The van der Waals surface area contributed by atoms with Crippen molar-refractivity contribution in [3.63, 3.8) is 0 Å². The van der Waals surface area contributed by atoms with Crippen LogP contribution in [0.25, 0.3) is 0 Å². The molecule has 1 saturated heterocycles. The third kappa shape index (κ3) is 4.32. The van der Waals surface area contributed by atoms with Gasteiger partial charge in [0.15, 0.2) is 0 Å². The average Bonchev–Trinajstić information content (AvgIpc) is 2.82. The van der Waals surface area contributed by atoms with E-state index in [1.807, 2.05) is 36.0 Å². The molecule has 0 radical (unpaired) electrons. The lowest BCUT2D eigenvalue weighted by Gasteiger charge is -2.31. The minimum atomic E-state index is 0.0469. The molecule has 0 spiro atoms. The summed E-state index contributed by atoms with van der Waals surface area (Å²) in [5, 5.41) is 9.25. The third-order valence-corrected chi connectivity index (χ3v) is 5.43. The van der Waals surface area contributed by atoms with Crippen molar-refractivity contribution in [2.75, 3.05) is 51.7 Å². The van der Waals surface area contributed by atoms with Gasteiger partial charge in [0.1, 0.15) is 0 Å². The Bertz CT molecular complexity index is 660. The first-order valence-corrected chi connectivity index (χ1v) is 9.31. The topological polar surface area (TPSA) is 50.6 Å². The van der Waals surface area contributed by atoms with Gasteiger partial charge in [-0.2, -0.15) is 5.26 Å². The number of benzene rings is 1. The molecular weight excluding hydrogens is 312 g/mol. The summed E-state index contributed by atoms with van der Waals surface area (Å²) in [5.41, 5.74) is 2.05. The standard InChI is InChI=1S/C20H28N4O/c1-22(2)19-12-17(14-21)11-18(13-19)20(25)24-8-4-7-23(9-10-24)15-16-5-3-6-16/h11-13,16H,3-10,15H2,1-2H3. The van der Waals surface area contributed by atoms with E-state index in [1.165, 1.54) is 25.8 Å². The van der Waals surface area contributed by atoms with E-state index in [1.54, 1.807) is 6.07 Å². The van der Waals surface area contributed by atoms with Crippen molar-refractivity contribution in [3.8, 4) is 6.07 Å². The normalized spacial score (nSPS) is 19.0. The monoisotopic (exact) mass is 340 g/mol. The molecule has 0 bridgehead atoms. The van der Waals surface area contributed by atoms with Gasteiger partial charge in [0, 0.05) is 51.5 Å². The summed E-state index contributed by atoms with van der Waals surface area (Å²) in [5.74, 6) is 0.919. The lowest BCUT2D eigenvalue weighted by atomic mass is 9.85. The molecule has 1 aromatic rings. The summed E-state index contributed by atoms with van der Waals surface area (Å²) in [6.07, 6.45) is 5.14. The van der Waals surface area contributed by atoms with Crippen molar-refractivity contribution >= 4 is 11.6 Å². The zero-order chi connectivity index (χ0) is 17.8. The van der Waals surface area contributed by atoms with Crippen LogP contribution < -0.4 is 4.90 Å². The minimum Gasteiger partial charge on any atom is -0.378 e. The number of hydrogen-bond acceptors (Lipinski definition) is 4. The van der Waals surface area contributed by atoms with E-state index in [-0.39, 0.29) is 5.91 Å². The van der Waals surface area contributed by atoms with Crippen LogP contribution in [-0.4, -0.2) is 62.5 Å². The molecule has 1 aliphatic heterocycles. The first-order valence-electron chi connectivity index (χ1n) is 9.31. The van der Waals surface area contributed by atoms with E-state index in [0.29, 0.717) is 11.1 Å². The van der Waals surface area contributed by atoms with E-state index in [0.717, 1.165) is 44.2 Å². The number of nitrogens with zero attached hydrogens (tertiary/aromatic N) is 4. The van der Waals surface area contributed by atoms with Crippen molar-refractivity contribution in [1.82, 2.24) is 9.80 Å². The van der Waals surface area contributed by atoms with E-state index in [9.17, 15) is 10.1 Å². The Hall–Kier alpha value is -2.06. The SMILES string of the molecule is CN(C)c1cc(C#N)cc(C(=O)N2CCCN(CC3CCC3)CC2)c1. The molecule has 0 N–H and O–H groups in total. The molecule has 134 valence electrons. The van der Waals surface area contributed by atoms with E-state index < -0.39 is 0 Å². The van der Waals surface area contributed by atoms with Crippen LogP contribution in [-0.2, 0) is 0 Å². The molecule has 1 saturated carbocycles. The van der Waals surface area contributed by atoms with Gasteiger partial charge in [-0.25, -0.2) is 0 Å². The summed E-state index contributed by atoms with van der Waals surface area (Å²) < 4.78 is 0. The van der Waals surface area contributed by atoms with Crippen molar-refractivity contribution in [2.24, 2.45) is 5.92 Å². The minimum absolute atomic E-state index is 0.0469. The van der Waals surface area contributed by atoms with Gasteiger partial charge in [-0.15, -0.1) is 0 Å². The van der Waals surface area contributed by atoms with Gasteiger partial charge in [-0.1, -0.05) is 6.42 Å². The van der Waals surface area contributed by atoms with Crippen LogP contribution in [0.2, 0.25) is 0 Å². The fourth-order valence-electron chi connectivity index (χ4n) is 3.64. The van der Waals surface area contributed by atoms with Gasteiger partial charge in [-0.05, 0) is 49.9 Å². The Balaban J connectivity index is 1.68. The first kappa shape index (κ1) is 17.8. The zero-order valence-corrected chi connectivity index (χ0v) is 15.4. The van der Waals surface area contributed by atoms with Crippen molar-refractivity contribution in [3.05, 3.63) is 29.3 Å². The van der Waals surface area contributed by atoms with E-state index >= 15 is 0 Å². The van der Waals surface area contributed by atoms with Gasteiger partial charge < -0.3 is 14.7 Å². The Morgan fingerprint density at radius 3 is 2.60 bits per heavy atom. The molecule has 1 aromatic carbocycles. The summed E-state index contributed by atoms with van der Waals surface area (Å²) in [7, 11) is 3.85. The van der Waals surface area contributed by atoms with Crippen LogP contribution in [0, 0.1) is 17.2 Å². The van der Waals surface area contributed by atoms with E-state index in [4.69, 9.17) is 0 Å². The molecule has 1 aliphatic carbocycles. The number of anilines is 1. The highest BCUT2D eigenvalue weighted by Crippen LogP contribution is 2.27. The van der Waals surface area contributed by atoms with Crippen LogP contribution in [0.5, 0.6) is 0 Å². The van der Waals surface area contributed by atoms with Crippen molar-refractivity contribution in [1.29, 1.82) is 5.26 Å². The van der Waals surface area contributed by atoms with Crippen LogP contribution in [0.4, 0.5) is 5.69 Å². The number of rotatable bonds is 4. The molecule has 5 nitrogen and oxygen atoms in total. The number of carbonyl (C=O) groups excluding carboxylic acids is 1. The maximum absolute atomic E-state index is 13.0. The number of nitriles is 1. The highest BCUT2D eigenvalue weighted by molar-refractivity contribution is 5.95. The van der Waals surface area contributed by atoms with Gasteiger partial charge in [-0.3, -0.25) is 4.79 Å². The average molecular weight is 340 g/mol. The summed E-state index contributed by atoms with van der Waals surface area (Å²) in [4.78, 5) is 19.4. The van der Waals surface area contributed by atoms with Gasteiger partial charge >= 0.3 is 0 Å². The molecule has 3 rings (SSSR count). The quantitative estimate of drug-likeness (QED) is 0.845. The smallest absolute Gasteiger partial charge is 0.254 e. The molecule has 5 heteroatoms. The Labute approximate surface area is 150 Å². The lowest BCUT2D eigenvalue weighted by molar-refractivity contribution is 0.0759. The zero-order valence-electron chi connectivity index (χ0n) is 15.4. The Morgan fingerprint density at radius 1 is 1.16 bits per heavy atom. The van der Waals surface area contributed by atoms with E-state index in [2.05, 4.69) is 11.0 Å². The first-order chi connectivity index (χ1) is 12.1. The Morgan fingerprint density at radius 2 is 1.96 bits per heavy atom. The predicted molar refractivity (Wildman–Crippen MR) is 99.8 cm³/mol. The lowest BCUT2D eigenvalue weighted by Crippen LogP contribution is -2.37. The summed E-state index contributed by atoms with van der Waals surface area (Å²) >= 11 is 0. The van der Waals surface area contributed by atoms with Gasteiger partial charge in [0.2, 0.25) is 0 Å². The van der Waals surface area contributed by atoms with Crippen molar-refractivity contribution in [2.45, 2.75) is 25.7 Å². The second-order valence-corrected chi connectivity index (χ2v) is 7.52. The molecule has 0 atom stereocenters. The molecule has 1 heterocycles. The molecular formula is C20H28N4O. The molecule has 0 aromatic heterocycles. The number of amides is 1. The second kappa shape index (κ2) is 7.88. The number of hydrogen-bond donors (Lipinski definition) is 0. The fourth-order valence-corrected chi connectivity index (χ4v) is 3.64. The van der Waals surface area contributed by atoms with Crippen LogP contribution in [0.1, 0.15) is 41.6 Å². The molecule has 1 amide bonds. The predicted octanol–water partition coefficient (Wildman–Crippen LogP) is 2.57. The molecule has 0 unspecified atom stereocenters. The van der Waals surface area contributed by atoms with Crippen LogP contribution in [0.3, 0.4) is 0 Å². The van der Waals surface area contributed by atoms with Crippen molar-refractivity contribution < 1.29 is 4.79 Å².